The first kappa shape index (κ1) is 10.1. The standard InChI is InChI=1S/C10H12BrFN2/c11-7-5-8(10(12)14-6-7)9-3-1-2-4-13-9/h5-6,9,13H,1-4H2/t9-/m0/s1. The minimum Gasteiger partial charge on any atom is -0.310 e. The van der Waals surface area contributed by atoms with Crippen molar-refractivity contribution in [3.8, 4) is 0 Å². The van der Waals surface area contributed by atoms with Crippen LogP contribution >= 0.6 is 15.9 Å². The van der Waals surface area contributed by atoms with Crippen molar-refractivity contribution in [1.29, 1.82) is 0 Å². The van der Waals surface area contributed by atoms with Gasteiger partial charge in [0.2, 0.25) is 5.95 Å². The Kier molecular flexibility index (Phi) is 3.13. The lowest BCUT2D eigenvalue weighted by molar-refractivity contribution is 0.395. The molecule has 1 N–H and O–H groups in total. The van der Waals surface area contributed by atoms with Gasteiger partial charge in [-0.2, -0.15) is 4.39 Å². The molecule has 1 aromatic heterocycles. The molecule has 0 aliphatic carbocycles. The minimum atomic E-state index is -0.354. The van der Waals surface area contributed by atoms with E-state index in [-0.39, 0.29) is 12.0 Å². The highest BCUT2D eigenvalue weighted by atomic mass is 79.9. The van der Waals surface area contributed by atoms with Gasteiger partial charge in [0, 0.05) is 22.3 Å². The number of rotatable bonds is 1. The summed E-state index contributed by atoms with van der Waals surface area (Å²) < 4.78 is 14.2. The zero-order valence-electron chi connectivity index (χ0n) is 7.76. The molecule has 14 heavy (non-hydrogen) atoms. The molecule has 76 valence electrons. The molecule has 1 aliphatic rings. The summed E-state index contributed by atoms with van der Waals surface area (Å²) in [6, 6.07) is 1.94. The third kappa shape index (κ3) is 2.12. The van der Waals surface area contributed by atoms with E-state index >= 15 is 0 Å². The van der Waals surface area contributed by atoms with Crippen molar-refractivity contribution in [1.82, 2.24) is 10.3 Å². The molecular weight excluding hydrogens is 247 g/mol. The summed E-state index contributed by atoms with van der Waals surface area (Å²) in [5.41, 5.74) is 0.680. The Morgan fingerprint density at radius 1 is 1.50 bits per heavy atom. The molecule has 1 fully saturated rings. The number of piperidine rings is 1. The first-order valence-corrected chi connectivity index (χ1v) is 5.61. The van der Waals surface area contributed by atoms with Gasteiger partial charge in [0.1, 0.15) is 0 Å². The number of hydrogen-bond donors (Lipinski definition) is 1. The molecule has 4 heteroatoms. The van der Waals surface area contributed by atoms with Gasteiger partial charge in [0.15, 0.2) is 0 Å². The number of nitrogens with one attached hydrogen (secondary N) is 1. The Morgan fingerprint density at radius 2 is 2.36 bits per heavy atom. The monoisotopic (exact) mass is 258 g/mol. The van der Waals surface area contributed by atoms with Gasteiger partial charge in [0.25, 0.3) is 0 Å². The summed E-state index contributed by atoms with van der Waals surface area (Å²) in [6.45, 7) is 0.969. The van der Waals surface area contributed by atoms with Crippen LogP contribution in [-0.4, -0.2) is 11.5 Å². The summed E-state index contributed by atoms with van der Waals surface area (Å²) >= 11 is 3.31. The van der Waals surface area contributed by atoms with Gasteiger partial charge in [0.05, 0.1) is 0 Å². The second-order valence-electron chi connectivity index (χ2n) is 3.54. The van der Waals surface area contributed by atoms with Crippen LogP contribution < -0.4 is 5.32 Å². The molecule has 2 heterocycles. The molecule has 0 radical (unpaired) electrons. The second kappa shape index (κ2) is 4.36. The van der Waals surface area contributed by atoms with Crippen LogP contribution in [0.15, 0.2) is 16.7 Å². The molecule has 2 nitrogen and oxygen atoms in total. The van der Waals surface area contributed by atoms with E-state index in [1.165, 1.54) is 12.6 Å². The molecule has 0 aromatic carbocycles. The smallest absolute Gasteiger partial charge is 0.217 e. The second-order valence-corrected chi connectivity index (χ2v) is 4.45. The summed E-state index contributed by atoms with van der Waals surface area (Å²) in [5.74, 6) is -0.354. The van der Waals surface area contributed by atoms with Crippen molar-refractivity contribution in [2.75, 3.05) is 6.54 Å². The molecule has 0 amide bonds. The number of halogens is 2. The molecule has 0 bridgehead atoms. The van der Waals surface area contributed by atoms with Gasteiger partial charge in [-0.1, -0.05) is 6.42 Å². The van der Waals surface area contributed by atoms with Crippen molar-refractivity contribution in [2.24, 2.45) is 0 Å². The van der Waals surface area contributed by atoms with Crippen LogP contribution in [0.2, 0.25) is 0 Å². The van der Waals surface area contributed by atoms with E-state index in [9.17, 15) is 4.39 Å². The highest BCUT2D eigenvalue weighted by Gasteiger charge is 2.18. The SMILES string of the molecule is Fc1ncc(Br)cc1[C@@H]1CCCCN1. The van der Waals surface area contributed by atoms with Gasteiger partial charge in [-0.15, -0.1) is 0 Å². The van der Waals surface area contributed by atoms with E-state index in [1.807, 2.05) is 6.07 Å². The van der Waals surface area contributed by atoms with E-state index in [1.54, 1.807) is 0 Å². The van der Waals surface area contributed by atoms with Crippen LogP contribution in [0.1, 0.15) is 30.9 Å². The van der Waals surface area contributed by atoms with Gasteiger partial charge in [-0.3, -0.25) is 0 Å². The van der Waals surface area contributed by atoms with Gasteiger partial charge in [-0.25, -0.2) is 4.98 Å². The zero-order valence-corrected chi connectivity index (χ0v) is 9.35. The Hall–Kier alpha value is -0.480. The average Bonchev–Trinajstić information content (AvgIpc) is 2.23. The molecule has 1 aromatic rings. The quantitative estimate of drug-likeness (QED) is 0.784. The van der Waals surface area contributed by atoms with Crippen LogP contribution in [0.5, 0.6) is 0 Å². The van der Waals surface area contributed by atoms with Crippen molar-refractivity contribution >= 4 is 15.9 Å². The zero-order chi connectivity index (χ0) is 9.97. The number of nitrogens with zero attached hydrogens (tertiary/aromatic N) is 1. The predicted molar refractivity (Wildman–Crippen MR) is 56.5 cm³/mol. The van der Waals surface area contributed by atoms with Crippen molar-refractivity contribution in [3.63, 3.8) is 0 Å². The Bertz CT molecular complexity index is 324. The molecule has 0 saturated carbocycles. The van der Waals surface area contributed by atoms with E-state index in [4.69, 9.17) is 0 Å². The fourth-order valence-electron chi connectivity index (χ4n) is 1.80. The Balaban J connectivity index is 2.24. The van der Waals surface area contributed by atoms with Crippen LogP contribution in [0.4, 0.5) is 4.39 Å². The van der Waals surface area contributed by atoms with Crippen LogP contribution in [-0.2, 0) is 0 Å². The number of hydrogen-bond acceptors (Lipinski definition) is 2. The summed E-state index contributed by atoms with van der Waals surface area (Å²) in [5, 5.41) is 3.30. The fraction of sp³-hybridized carbons (Fsp3) is 0.500. The largest absolute Gasteiger partial charge is 0.310 e. The van der Waals surface area contributed by atoms with Crippen molar-refractivity contribution in [3.05, 3.63) is 28.2 Å². The summed E-state index contributed by atoms with van der Waals surface area (Å²) in [6.07, 6.45) is 4.82. The highest BCUT2D eigenvalue weighted by Crippen LogP contribution is 2.26. The normalized spacial score (nSPS) is 22.3. The number of aromatic nitrogens is 1. The van der Waals surface area contributed by atoms with Gasteiger partial charge in [-0.05, 0) is 41.4 Å². The maximum Gasteiger partial charge on any atom is 0.217 e. The van der Waals surface area contributed by atoms with Crippen molar-refractivity contribution in [2.45, 2.75) is 25.3 Å². The maximum atomic E-state index is 13.4. The molecule has 1 aliphatic heterocycles. The summed E-state index contributed by atoms with van der Waals surface area (Å²) in [7, 11) is 0. The number of pyridine rings is 1. The van der Waals surface area contributed by atoms with Crippen LogP contribution in [0, 0.1) is 5.95 Å². The molecule has 0 unspecified atom stereocenters. The van der Waals surface area contributed by atoms with Gasteiger partial charge >= 0.3 is 0 Å². The van der Waals surface area contributed by atoms with Crippen molar-refractivity contribution < 1.29 is 4.39 Å². The fourth-order valence-corrected chi connectivity index (χ4v) is 2.15. The molecule has 1 saturated heterocycles. The first-order chi connectivity index (χ1) is 6.77. The molecule has 0 spiro atoms. The third-order valence-electron chi connectivity index (χ3n) is 2.52. The average molecular weight is 259 g/mol. The third-order valence-corrected chi connectivity index (χ3v) is 2.95. The predicted octanol–water partition coefficient (Wildman–Crippen LogP) is 2.80. The van der Waals surface area contributed by atoms with Crippen LogP contribution in [0.3, 0.4) is 0 Å². The minimum absolute atomic E-state index is 0.133. The summed E-state index contributed by atoms with van der Waals surface area (Å²) in [4.78, 5) is 3.70. The Labute approximate surface area is 91.1 Å². The van der Waals surface area contributed by atoms with E-state index in [2.05, 4.69) is 26.2 Å². The molecule has 2 rings (SSSR count). The maximum absolute atomic E-state index is 13.4. The Morgan fingerprint density at radius 3 is 3.07 bits per heavy atom. The molecular formula is C10H12BrFN2. The van der Waals surface area contributed by atoms with Crippen LogP contribution in [0.25, 0.3) is 0 Å². The molecule has 1 atom stereocenters. The lowest BCUT2D eigenvalue weighted by Crippen LogP contribution is -2.27. The van der Waals surface area contributed by atoms with E-state index in [0.717, 1.165) is 23.9 Å². The lowest BCUT2D eigenvalue weighted by Gasteiger charge is -2.23. The first-order valence-electron chi connectivity index (χ1n) is 4.81. The van der Waals surface area contributed by atoms with Gasteiger partial charge < -0.3 is 5.32 Å². The lowest BCUT2D eigenvalue weighted by atomic mass is 9.99. The van der Waals surface area contributed by atoms with E-state index < -0.39 is 0 Å². The highest BCUT2D eigenvalue weighted by molar-refractivity contribution is 9.10. The van der Waals surface area contributed by atoms with E-state index in [0.29, 0.717) is 5.56 Å². The topological polar surface area (TPSA) is 24.9 Å².